The van der Waals surface area contributed by atoms with Crippen LogP contribution in [0, 0.1) is 6.92 Å². The Morgan fingerprint density at radius 2 is 1.91 bits per heavy atom. The van der Waals surface area contributed by atoms with Crippen LogP contribution in [0.25, 0.3) is 0 Å². The van der Waals surface area contributed by atoms with E-state index in [0.29, 0.717) is 11.3 Å². The van der Waals surface area contributed by atoms with Gasteiger partial charge in [0.25, 0.3) is 0 Å². The van der Waals surface area contributed by atoms with Gasteiger partial charge in [-0.25, -0.2) is 18.2 Å². The summed E-state index contributed by atoms with van der Waals surface area (Å²) < 4.78 is 28.8. The molecule has 2 aromatic carbocycles. The number of carbonyl (C=O) groups is 1. The Bertz CT molecular complexity index is 1230. The second kappa shape index (κ2) is 10.4. The van der Waals surface area contributed by atoms with E-state index in [9.17, 15) is 18.3 Å². The van der Waals surface area contributed by atoms with Gasteiger partial charge in [0, 0.05) is 18.1 Å². The number of esters is 1. The van der Waals surface area contributed by atoms with Crippen molar-refractivity contribution >= 4 is 33.3 Å². The predicted octanol–water partition coefficient (Wildman–Crippen LogP) is 3.25. The van der Waals surface area contributed by atoms with Crippen molar-refractivity contribution in [2.45, 2.75) is 24.8 Å². The number of carbonyl (C=O) groups excluding carboxylic acids is 1. The summed E-state index contributed by atoms with van der Waals surface area (Å²) in [7, 11) is -3.34. The molecular formula is C23H26N4O5S. The fourth-order valence-corrected chi connectivity index (χ4v) is 4.23. The van der Waals surface area contributed by atoms with Gasteiger partial charge in [0.05, 0.1) is 24.2 Å². The summed E-state index contributed by atoms with van der Waals surface area (Å²) in [6.07, 6.45) is 2.49. The molecule has 1 atom stereocenters. The lowest BCUT2D eigenvalue weighted by Crippen LogP contribution is -2.19. The third kappa shape index (κ3) is 6.05. The van der Waals surface area contributed by atoms with Gasteiger partial charge in [0.15, 0.2) is 9.84 Å². The molecule has 0 saturated carbocycles. The average Bonchev–Trinajstić information content (AvgIpc) is 2.77. The summed E-state index contributed by atoms with van der Waals surface area (Å²) in [5.41, 5.74) is 2.10. The Morgan fingerprint density at radius 3 is 2.52 bits per heavy atom. The molecule has 0 unspecified atom stereocenters. The zero-order valence-corrected chi connectivity index (χ0v) is 19.4. The third-order valence-electron chi connectivity index (χ3n) is 4.81. The molecule has 9 nitrogen and oxygen atoms in total. The van der Waals surface area contributed by atoms with Crippen molar-refractivity contribution in [3.05, 3.63) is 71.4 Å². The first kappa shape index (κ1) is 24.1. The third-order valence-corrected chi connectivity index (χ3v) is 6.07. The minimum atomic E-state index is -3.34. The number of hydrogen-bond donors (Lipinski definition) is 3. The first-order chi connectivity index (χ1) is 15.7. The van der Waals surface area contributed by atoms with E-state index in [1.807, 2.05) is 30.3 Å². The van der Waals surface area contributed by atoms with E-state index in [1.165, 1.54) is 12.3 Å². The van der Waals surface area contributed by atoms with Crippen LogP contribution >= 0.6 is 0 Å². The topological polar surface area (TPSA) is 131 Å². The van der Waals surface area contributed by atoms with E-state index in [4.69, 9.17) is 4.74 Å². The van der Waals surface area contributed by atoms with Gasteiger partial charge >= 0.3 is 5.97 Å². The highest BCUT2D eigenvalue weighted by Gasteiger charge is 2.20. The zero-order valence-electron chi connectivity index (χ0n) is 18.6. The molecule has 0 spiro atoms. The summed E-state index contributed by atoms with van der Waals surface area (Å²) in [4.78, 5) is 21.3. The van der Waals surface area contributed by atoms with E-state index in [1.54, 1.807) is 26.0 Å². The van der Waals surface area contributed by atoms with Crippen LogP contribution in [0.2, 0.25) is 0 Å². The standard InChI is InChI=1S/C23H26N4O5S/c1-4-32-22(29)18-13-24-23(25-17-10-11-20(15(2)12-17)33(3,30)31)27-21(18)26-19(14-28)16-8-6-5-7-9-16/h5-13,19,28H,4,14H2,1-3H3,(H2,24,25,26,27)/t19-/m0/s1. The normalized spacial score (nSPS) is 12.1. The fraction of sp³-hybridized carbons (Fsp3) is 0.261. The van der Waals surface area contributed by atoms with Crippen molar-refractivity contribution < 1.29 is 23.1 Å². The number of ether oxygens (including phenoxy) is 1. The van der Waals surface area contributed by atoms with Gasteiger partial charge in [-0.3, -0.25) is 0 Å². The minimum Gasteiger partial charge on any atom is -0.462 e. The highest BCUT2D eigenvalue weighted by molar-refractivity contribution is 7.90. The molecule has 0 radical (unpaired) electrons. The summed E-state index contributed by atoms with van der Waals surface area (Å²) in [5, 5.41) is 16.0. The maximum Gasteiger partial charge on any atom is 0.343 e. The molecule has 0 aliphatic heterocycles. The molecule has 0 amide bonds. The van der Waals surface area contributed by atoms with Gasteiger partial charge in [-0.1, -0.05) is 30.3 Å². The van der Waals surface area contributed by atoms with Gasteiger partial charge in [0.2, 0.25) is 5.95 Å². The Morgan fingerprint density at radius 1 is 1.18 bits per heavy atom. The summed E-state index contributed by atoms with van der Waals surface area (Å²) in [6, 6.07) is 13.5. The molecule has 3 aromatic rings. The highest BCUT2D eigenvalue weighted by atomic mass is 32.2. The first-order valence-electron chi connectivity index (χ1n) is 10.3. The monoisotopic (exact) mass is 470 g/mol. The second-order valence-corrected chi connectivity index (χ2v) is 9.33. The second-order valence-electron chi connectivity index (χ2n) is 7.34. The smallest absolute Gasteiger partial charge is 0.343 e. The van der Waals surface area contributed by atoms with Crippen LogP contribution in [0.3, 0.4) is 0 Å². The number of sulfone groups is 1. The van der Waals surface area contributed by atoms with E-state index in [-0.39, 0.29) is 35.4 Å². The number of aromatic nitrogens is 2. The van der Waals surface area contributed by atoms with Crippen LogP contribution in [0.4, 0.5) is 17.5 Å². The fourth-order valence-electron chi connectivity index (χ4n) is 3.27. The van der Waals surface area contributed by atoms with Crippen molar-refractivity contribution in [1.82, 2.24) is 9.97 Å². The minimum absolute atomic E-state index is 0.125. The Labute approximate surface area is 192 Å². The Balaban J connectivity index is 1.94. The van der Waals surface area contributed by atoms with E-state index < -0.39 is 21.8 Å². The average molecular weight is 471 g/mol. The molecule has 0 bridgehead atoms. The van der Waals surface area contributed by atoms with Gasteiger partial charge in [-0.2, -0.15) is 4.98 Å². The van der Waals surface area contributed by atoms with Gasteiger partial charge < -0.3 is 20.5 Å². The number of nitrogens with one attached hydrogen (secondary N) is 2. The largest absolute Gasteiger partial charge is 0.462 e. The van der Waals surface area contributed by atoms with Gasteiger partial charge in [-0.05, 0) is 43.2 Å². The molecule has 0 fully saturated rings. The maximum absolute atomic E-state index is 12.4. The molecule has 1 heterocycles. The summed E-state index contributed by atoms with van der Waals surface area (Å²) in [6.45, 7) is 3.35. The summed E-state index contributed by atoms with van der Waals surface area (Å²) >= 11 is 0. The molecule has 3 N–H and O–H groups in total. The van der Waals surface area contributed by atoms with Crippen molar-refractivity contribution in [2.24, 2.45) is 0 Å². The number of hydrogen-bond acceptors (Lipinski definition) is 9. The number of aryl methyl sites for hydroxylation is 1. The molecular weight excluding hydrogens is 444 g/mol. The Kier molecular flexibility index (Phi) is 7.62. The lowest BCUT2D eigenvalue weighted by Gasteiger charge is -2.19. The number of aliphatic hydroxyl groups excluding tert-OH is 1. The molecule has 0 aliphatic carbocycles. The number of rotatable bonds is 9. The molecule has 0 saturated heterocycles. The number of anilines is 3. The van der Waals surface area contributed by atoms with Crippen molar-refractivity contribution in [3.8, 4) is 0 Å². The number of benzene rings is 2. The van der Waals surface area contributed by atoms with Gasteiger partial charge in [-0.15, -0.1) is 0 Å². The lowest BCUT2D eigenvalue weighted by molar-refractivity contribution is 0.0526. The van der Waals surface area contributed by atoms with Crippen molar-refractivity contribution in [1.29, 1.82) is 0 Å². The predicted molar refractivity (Wildman–Crippen MR) is 125 cm³/mol. The molecule has 1 aromatic heterocycles. The summed E-state index contributed by atoms with van der Waals surface area (Å²) in [5.74, 6) is -0.218. The number of aliphatic hydroxyl groups is 1. The Hall–Kier alpha value is -3.50. The first-order valence-corrected chi connectivity index (χ1v) is 12.2. The van der Waals surface area contributed by atoms with E-state index in [0.717, 1.165) is 11.8 Å². The van der Waals surface area contributed by atoms with E-state index >= 15 is 0 Å². The molecule has 174 valence electrons. The molecule has 10 heteroatoms. The van der Waals surface area contributed by atoms with Crippen LogP contribution in [0.15, 0.2) is 59.6 Å². The van der Waals surface area contributed by atoms with E-state index in [2.05, 4.69) is 20.6 Å². The molecule has 3 rings (SSSR count). The van der Waals surface area contributed by atoms with Gasteiger partial charge in [0.1, 0.15) is 11.4 Å². The van der Waals surface area contributed by atoms with Crippen LogP contribution in [0.5, 0.6) is 0 Å². The van der Waals surface area contributed by atoms with Crippen LogP contribution in [-0.2, 0) is 14.6 Å². The highest BCUT2D eigenvalue weighted by Crippen LogP contribution is 2.25. The SMILES string of the molecule is CCOC(=O)c1cnc(Nc2ccc(S(C)(=O)=O)c(C)c2)nc1N[C@@H](CO)c1ccccc1. The molecule has 33 heavy (non-hydrogen) atoms. The number of nitrogens with zero attached hydrogens (tertiary/aromatic N) is 2. The van der Waals surface area contributed by atoms with Crippen molar-refractivity contribution in [3.63, 3.8) is 0 Å². The maximum atomic E-state index is 12.4. The lowest BCUT2D eigenvalue weighted by atomic mass is 10.1. The quantitative estimate of drug-likeness (QED) is 0.403. The molecule has 0 aliphatic rings. The van der Waals surface area contributed by atoms with Crippen LogP contribution in [-0.4, -0.2) is 48.9 Å². The van der Waals surface area contributed by atoms with Crippen molar-refractivity contribution in [2.75, 3.05) is 30.1 Å². The van der Waals surface area contributed by atoms with Crippen LogP contribution in [0.1, 0.15) is 34.5 Å². The van der Waals surface area contributed by atoms with Crippen LogP contribution < -0.4 is 10.6 Å². The zero-order chi connectivity index (χ0) is 24.0.